The second-order valence-electron chi connectivity index (χ2n) is 4.50. The molecule has 1 saturated heterocycles. The van der Waals surface area contributed by atoms with Gasteiger partial charge in [-0.25, -0.2) is 4.79 Å². The number of amides is 2. The minimum atomic E-state index is -0.252. The van der Waals surface area contributed by atoms with Crippen LogP contribution in [0, 0.1) is 5.41 Å². The Morgan fingerprint density at radius 3 is 2.80 bits per heavy atom. The van der Waals surface area contributed by atoms with Crippen LogP contribution in [0.2, 0.25) is 0 Å². The van der Waals surface area contributed by atoms with Crippen LogP contribution in [0.1, 0.15) is 6.42 Å². The molecule has 7 nitrogen and oxygen atoms in total. The second-order valence-corrected chi connectivity index (χ2v) is 4.50. The molecule has 1 aliphatic rings. The molecule has 0 spiro atoms. The lowest BCUT2D eigenvalue weighted by atomic mass is 10.2. The quantitative estimate of drug-likeness (QED) is 0.474. The van der Waals surface area contributed by atoms with Gasteiger partial charge in [-0.1, -0.05) is 0 Å². The Morgan fingerprint density at radius 2 is 2.20 bits per heavy atom. The molecule has 1 atom stereocenters. The van der Waals surface area contributed by atoms with Crippen molar-refractivity contribution in [1.82, 2.24) is 5.32 Å². The minimum absolute atomic E-state index is 0.0367. The van der Waals surface area contributed by atoms with Gasteiger partial charge in [0, 0.05) is 12.3 Å². The summed E-state index contributed by atoms with van der Waals surface area (Å²) in [6.07, 6.45) is 0.839. The maximum atomic E-state index is 11.7. The summed E-state index contributed by atoms with van der Waals surface area (Å²) in [5, 5.41) is 12.6. The number of carbonyl (C=O) groups is 1. The van der Waals surface area contributed by atoms with Crippen molar-refractivity contribution in [2.75, 3.05) is 25.1 Å². The zero-order valence-electron chi connectivity index (χ0n) is 11.0. The highest BCUT2D eigenvalue weighted by molar-refractivity contribution is 5.89. The first-order valence-electron chi connectivity index (χ1n) is 6.34. The highest BCUT2D eigenvalue weighted by atomic mass is 16.5. The second kappa shape index (κ2) is 6.76. The van der Waals surface area contributed by atoms with Gasteiger partial charge in [0.25, 0.3) is 0 Å². The molecule has 0 radical (unpaired) electrons. The largest absolute Gasteiger partial charge is 0.486 e. The minimum Gasteiger partial charge on any atom is -0.486 e. The molecule has 0 aromatic heterocycles. The molecule has 20 heavy (non-hydrogen) atoms. The lowest BCUT2D eigenvalue weighted by Gasteiger charge is -2.12. The Balaban J connectivity index is 1.80. The van der Waals surface area contributed by atoms with E-state index in [9.17, 15) is 4.79 Å². The van der Waals surface area contributed by atoms with Crippen LogP contribution < -0.4 is 21.1 Å². The number of rotatable bonds is 5. The molecular weight excluding hydrogens is 260 g/mol. The predicted molar refractivity (Wildman–Crippen MR) is 75.2 cm³/mol. The predicted octanol–water partition coefficient (Wildman–Crippen LogP) is 0.912. The van der Waals surface area contributed by atoms with Crippen molar-refractivity contribution in [2.24, 2.45) is 5.73 Å². The molecule has 0 bridgehead atoms. The average molecular weight is 278 g/mol. The zero-order chi connectivity index (χ0) is 14.4. The van der Waals surface area contributed by atoms with Crippen molar-refractivity contribution >= 4 is 17.6 Å². The van der Waals surface area contributed by atoms with Crippen molar-refractivity contribution in [2.45, 2.75) is 12.5 Å². The SMILES string of the molecule is N=C(N)COc1ccc(NC(=O)NC2CCOC2)cc1. The number of amidine groups is 1. The summed E-state index contributed by atoms with van der Waals surface area (Å²) in [4.78, 5) is 11.7. The molecule has 2 amide bonds. The van der Waals surface area contributed by atoms with E-state index in [0.717, 1.165) is 6.42 Å². The summed E-state index contributed by atoms with van der Waals surface area (Å²) in [5.41, 5.74) is 5.86. The van der Waals surface area contributed by atoms with E-state index in [-0.39, 0.29) is 24.5 Å². The van der Waals surface area contributed by atoms with Gasteiger partial charge in [0.15, 0.2) is 0 Å². The Bertz CT molecular complexity index is 469. The van der Waals surface area contributed by atoms with E-state index in [0.29, 0.717) is 24.7 Å². The fourth-order valence-electron chi connectivity index (χ4n) is 1.80. The van der Waals surface area contributed by atoms with Crippen molar-refractivity contribution in [1.29, 1.82) is 5.41 Å². The van der Waals surface area contributed by atoms with Gasteiger partial charge in [-0.2, -0.15) is 0 Å². The van der Waals surface area contributed by atoms with Crippen LogP contribution in [0.25, 0.3) is 0 Å². The fraction of sp³-hybridized carbons (Fsp3) is 0.385. The summed E-state index contributed by atoms with van der Waals surface area (Å²) in [6, 6.07) is 6.68. The van der Waals surface area contributed by atoms with Crippen LogP contribution in [-0.2, 0) is 4.74 Å². The first-order valence-corrected chi connectivity index (χ1v) is 6.34. The smallest absolute Gasteiger partial charge is 0.319 e. The molecule has 0 aliphatic carbocycles. The third kappa shape index (κ3) is 4.43. The van der Waals surface area contributed by atoms with E-state index in [1.807, 2.05) is 0 Å². The summed E-state index contributed by atoms with van der Waals surface area (Å²) in [5.74, 6) is 0.556. The van der Waals surface area contributed by atoms with Crippen LogP contribution in [-0.4, -0.2) is 37.7 Å². The van der Waals surface area contributed by atoms with Gasteiger partial charge in [-0.3, -0.25) is 5.41 Å². The summed E-state index contributed by atoms with van der Waals surface area (Å²) in [7, 11) is 0. The van der Waals surface area contributed by atoms with Crippen LogP contribution in [0.15, 0.2) is 24.3 Å². The molecule has 1 fully saturated rings. The van der Waals surface area contributed by atoms with Gasteiger partial charge in [0.2, 0.25) is 0 Å². The van der Waals surface area contributed by atoms with Crippen molar-refractivity contribution in [3.05, 3.63) is 24.3 Å². The first-order chi connectivity index (χ1) is 9.63. The van der Waals surface area contributed by atoms with Gasteiger partial charge in [0.05, 0.1) is 12.6 Å². The molecule has 7 heteroatoms. The third-order valence-electron chi connectivity index (χ3n) is 2.77. The van der Waals surface area contributed by atoms with Gasteiger partial charge >= 0.3 is 6.03 Å². The summed E-state index contributed by atoms with van der Waals surface area (Å²) < 4.78 is 10.4. The zero-order valence-corrected chi connectivity index (χ0v) is 11.0. The molecular formula is C13H18N4O3. The van der Waals surface area contributed by atoms with E-state index in [1.54, 1.807) is 24.3 Å². The van der Waals surface area contributed by atoms with E-state index < -0.39 is 0 Å². The maximum absolute atomic E-state index is 11.7. The highest BCUT2D eigenvalue weighted by Gasteiger charge is 2.17. The molecule has 1 unspecified atom stereocenters. The van der Waals surface area contributed by atoms with Crippen LogP contribution in [0.3, 0.4) is 0 Å². The fourth-order valence-corrected chi connectivity index (χ4v) is 1.80. The number of ether oxygens (including phenoxy) is 2. The molecule has 0 saturated carbocycles. The molecule has 1 aromatic carbocycles. The average Bonchev–Trinajstić information content (AvgIpc) is 2.90. The molecule has 108 valence electrons. The Hall–Kier alpha value is -2.28. The topological polar surface area (TPSA) is 109 Å². The Morgan fingerprint density at radius 1 is 1.45 bits per heavy atom. The van der Waals surface area contributed by atoms with Crippen molar-refractivity contribution in [3.8, 4) is 5.75 Å². The molecule has 1 aromatic rings. The first kappa shape index (κ1) is 14.1. The number of urea groups is 1. The van der Waals surface area contributed by atoms with Gasteiger partial charge in [0.1, 0.15) is 18.2 Å². The Labute approximate surface area is 116 Å². The van der Waals surface area contributed by atoms with Crippen LogP contribution in [0.5, 0.6) is 5.75 Å². The van der Waals surface area contributed by atoms with Crippen LogP contribution >= 0.6 is 0 Å². The molecule has 2 rings (SSSR count). The van der Waals surface area contributed by atoms with Crippen molar-refractivity contribution in [3.63, 3.8) is 0 Å². The maximum Gasteiger partial charge on any atom is 0.319 e. The van der Waals surface area contributed by atoms with E-state index in [1.165, 1.54) is 0 Å². The van der Waals surface area contributed by atoms with Gasteiger partial charge in [-0.15, -0.1) is 0 Å². The monoisotopic (exact) mass is 278 g/mol. The van der Waals surface area contributed by atoms with E-state index in [2.05, 4.69) is 10.6 Å². The highest BCUT2D eigenvalue weighted by Crippen LogP contribution is 2.15. The van der Waals surface area contributed by atoms with Gasteiger partial charge in [-0.05, 0) is 30.7 Å². The Kier molecular flexibility index (Phi) is 4.78. The number of carbonyl (C=O) groups excluding carboxylic acids is 1. The van der Waals surface area contributed by atoms with Crippen LogP contribution in [0.4, 0.5) is 10.5 Å². The molecule has 1 heterocycles. The lowest BCUT2D eigenvalue weighted by Crippen LogP contribution is -2.38. The number of nitrogens with two attached hydrogens (primary N) is 1. The normalized spacial score (nSPS) is 17.5. The van der Waals surface area contributed by atoms with Crippen molar-refractivity contribution < 1.29 is 14.3 Å². The summed E-state index contributed by atoms with van der Waals surface area (Å²) in [6.45, 7) is 1.30. The van der Waals surface area contributed by atoms with Gasteiger partial charge < -0.3 is 25.8 Å². The summed E-state index contributed by atoms with van der Waals surface area (Å²) >= 11 is 0. The van der Waals surface area contributed by atoms with E-state index in [4.69, 9.17) is 20.6 Å². The lowest BCUT2D eigenvalue weighted by molar-refractivity contribution is 0.189. The molecule has 5 N–H and O–H groups in total. The number of anilines is 1. The standard InChI is InChI=1S/C13H18N4O3/c14-12(15)8-20-11-3-1-9(2-4-11)16-13(18)17-10-5-6-19-7-10/h1-4,10H,5-8H2,(H3,14,15)(H2,16,17,18). The number of nitrogens with one attached hydrogen (secondary N) is 3. The third-order valence-corrected chi connectivity index (χ3v) is 2.77. The number of benzene rings is 1. The molecule has 1 aliphatic heterocycles. The number of hydrogen-bond donors (Lipinski definition) is 4. The number of hydrogen-bond acceptors (Lipinski definition) is 4. The van der Waals surface area contributed by atoms with E-state index >= 15 is 0 Å².